The molecule has 0 saturated heterocycles. The van der Waals surface area contributed by atoms with E-state index < -0.39 is 0 Å². The van der Waals surface area contributed by atoms with Crippen molar-refractivity contribution in [1.82, 2.24) is 0 Å². The second-order valence-electron chi connectivity index (χ2n) is 8.48. The van der Waals surface area contributed by atoms with Crippen LogP contribution < -0.4 is 4.90 Å². The molecule has 1 aromatic carbocycles. The molecule has 31 heavy (non-hydrogen) atoms. The molecule has 0 aliphatic carbocycles. The fraction of sp³-hybridized carbons (Fsp3) is 0.720. The summed E-state index contributed by atoms with van der Waals surface area (Å²) in [5, 5.41) is 0. The number of carbonyl (C=O) groups excluding carboxylic acids is 1. The molecule has 0 bridgehead atoms. The summed E-state index contributed by atoms with van der Waals surface area (Å²) in [4.78, 5) is 15.1. The van der Waals surface area contributed by atoms with Crippen LogP contribution in [0.3, 0.4) is 0 Å². The molecule has 0 aromatic heterocycles. The molecule has 2 atom stereocenters. The number of unbranched alkanes of at least 4 members (excludes halogenated alkanes) is 2. The zero-order chi connectivity index (χ0) is 22.9. The molecule has 0 spiro atoms. The number of anilines is 1. The van der Waals surface area contributed by atoms with Crippen molar-refractivity contribution in [2.75, 3.05) is 31.3 Å². The molecule has 2 unspecified atom stereocenters. The smallest absolute Gasteiger partial charge is 0.305 e. The molecule has 2 rings (SSSR count). The van der Waals surface area contributed by atoms with Crippen LogP contribution >= 0.6 is 12.6 Å². The number of rotatable bonds is 14. The van der Waals surface area contributed by atoms with E-state index in [1.807, 2.05) is 20.8 Å². The van der Waals surface area contributed by atoms with Gasteiger partial charge in [0.15, 0.2) is 6.29 Å². The third-order valence-corrected chi connectivity index (χ3v) is 6.77. The lowest BCUT2D eigenvalue weighted by Gasteiger charge is -2.35. The van der Waals surface area contributed by atoms with Crippen molar-refractivity contribution in [1.29, 1.82) is 0 Å². The van der Waals surface area contributed by atoms with Crippen LogP contribution in [0.1, 0.15) is 78.7 Å². The average Bonchev–Trinajstić information content (AvgIpc) is 2.93. The van der Waals surface area contributed by atoms with E-state index in [4.69, 9.17) is 14.2 Å². The topological polar surface area (TPSA) is 48.0 Å². The molecule has 5 nitrogen and oxygen atoms in total. The Hall–Kier alpha value is -1.24. The van der Waals surface area contributed by atoms with Crippen LogP contribution in [0.15, 0.2) is 23.1 Å². The summed E-state index contributed by atoms with van der Waals surface area (Å²) in [5.41, 5.74) is 2.72. The number of nitrogens with zero attached hydrogens (tertiary/aromatic N) is 1. The molecule has 0 fully saturated rings. The number of thiol groups is 1. The Bertz CT molecular complexity index is 692. The van der Waals surface area contributed by atoms with Gasteiger partial charge in [0.05, 0.1) is 6.61 Å². The fourth-order valence-corrected chi connectivity index (χ4v) is 4.87. The van der Waals surface area contributed by atoms with Gasteiger partial charge < -0.3 is 19.1 Å². The van der Waals surface area contributed by atoms with Crippen molar-refractivity contribution in [3.05, 3.63) is 23.8 Å². The highest BCUT2D eigenvalue weighted by Crippen LogP contribution is 2.48. The van der Waals surface area contributed by atoms with Gasteiger partial charge in [0, 0.05) is 54.6 Å². The number of carbonyl (C=O) groups is 1. The third kappa shape index (κ3) is 6.87. The highest BCUT2D eigenvalue weighted by Gasteiger charge is 2.44. The summed E-state index contributed by atoms with van der Waals surface area (Å²) >= 11 is 4.62. The van der Waals surface area contributed by atoms with Crippen molar-refractivity contribution in [3.8, 4) is 0 Å². The van der Waals surface area contributed by atoms with Crippen LogP contribution in [-0.2, 0) is 24.4 Å². The van der Waals surface area contributed by atoms with E-state index in [0.717, 1.165) is 43.5 Å². The summed E-state index contributed by atoms with van der Waals surface area (Å²) < 4.78 is 16.6. The van der Waals surface area contributed by atoms with Gasteiger partial charge >= 0.3 is 5.97 Å². The Balaban J connectivity index is 2.05. The number of fused-ring (bicyclic) bond motifs is 1. The highest BCUT2D eigenvalue weighted by molar-refractivity contribution is 7.80. The SMILES string of the molecule is CCOC(=O)CCCCCC1(C)c2cc(S)ccc2N(CCC(OCC)OCC)C1C. The molecule has 1 aliphatic rings. The van der Waals surface area contributed by atoms with Crippen molar-refractivity contribution >= 4 is 24.3 Å². The van der Waals surface area contributed by atoms with Gasteiger partial charge in [-0.05, 0) is 64.3 Å². The van der Waals surface area contributed by atoms with Gasteiger partial charge in [-0.3, -0.25) is 4.79 Å². The van der Waals surface area contributed by atoms with E-state index >= 15 is 0 Å². The van der Waals surface area contributed by atoms with Crippen LogP contribution in [-0.4, -0.2) is 44.7 Å². The molecule has 1 aromatic rings. The highest BCUT2D eigenvalue weighted by atomic mass is 32.1. The van der Waals surface area contributed by atoms with E-state index in [2.05, 4.69) is 49.6 Å². The first-order chi connectivity index (χ1) is 14.9. The van der Waals surface area contributed by atoms with Gasteiger partial charge in [-0.25, -0.2) is 0 Å². The number of hydrogen-bond acceptors (Lipinski definition) is 6. The van der Waals surface area contributed by atoms with Crippen LogP contribution in [0.4, 0.5) is 5.69 Å². The minimum atomic E-state index is -0.162. The number of ether oxygens (including phenoxy) is 3. The molecule has 0 saturated carbocycles. The Morgan fingerprint density at radius 1 is 1.13 bits per heavy atom. The molecule has 0 radical (unpaired) electrons. The maximum atomic E-state index is 11.6. The molecule has 1 heterocycles. The van der Waals surface area contributed by atoms with Crippen LogP contribution in [0.2, 0.25) is 0 Å². The minimum Gasteiger partial charge on any atom is -0.466 e. The van der Waals surface area contributed by atoms with Gasteiger partial charge in [-0.1, -0.05) is 19.8 Å². The molecule has 1 aliphatic heterocycles. The summed E-state index contributed by atoms with van der Waals surface area (Å²) in [5.74, 6) is -0.0858. The van der Waals surface area contributed by atoms with Gasteiger partial charge in [0.1, 0.15) is 0 Å². The van der Waals surface area contributed by atoms with Crippen LogP contribution in [0, 0.1) is 0 Å². The maximum absolute atomic E-state index is 11.6. The summed E-state index contributed by atoms with van der Waals surface area (Å²) in [6.45, 7) is 13.2. The first-order valence-corrected chi connectivity index (χ1v) is 12.3. The zero-order valence-electron chi connectivity index (χ0n) is 20.0. The van der Waals surface area contributed by atoms with E-state index in [0.29, 0.717) is 32.3 Å². The van der Waals surface area contributed by atoms with Gasteiger partial charge in [0.25, 0.3) is 0 Å². The first kappa shape index (κ1) is 26.0. The lowest BCUT2D eigenvalue weighted by atomic mass is 9.75. The molecular weight excluding hydrogens is 410 g/mol. The van der Waals surface area contributed by atoms with E-state index in [-0.39, 0.29) is 17.7 Å². The predicted octanol–water partition coefficient (Wildman–Crippen LogP) is 5.74. The van der Waals surface area contributed by atoms with Gasteiger partial charge in [0.2, 0.25) is 0 Å². The lowest BCUT2D eigenvalue weighted by Crippen LogP contribution is -2.42. The zero-order valence-corrected chi connectivity index (χ0v) is 20.9. The number of hydrogen-bond donors (Lipinski definition) is 1. The third-order valence-electron chi connectivity index (χ3n) is 6.49. The average molecular weight is 452 g/mol. The Labute approximate surface area is 194 Å². The fourth-order valence-electron chi connectivity index (χ4n) is 4.67. The van der Waals surface area contributed by atoms with E-state index in [1.165, 1.54) is 11.3 Å². The normalized spacial score (nSPS) is 20.4. The van der Waals surface area contributed by atoms with Crippen molar-refractivity contribution in [2.24, 2.45) is 0 Å². The lowest BCUT2D eigenvalue weighted by molar-refractivity contribution is -0.143. The molecule has 0 N–H and O–H groups in total. The second-order valence-corrected chi connectivity index (χ2v) is 9.00. The van der Waals surface area contributed by atoms with Crippen molar-refractivity contribution < 1.29 is 19.0 Å². The Kier molecular flexibility index (Phi) is 10.7. The summed E-state index contributed by atoms with van der Waals surface area (Å²) in [6, 6.07) is 6.88. The minimum absolute atomic E-state index is 0.0464. The Morgan fingerprint density at radius 2 is 1.84 bits per heavy atom. The van der Waals surface area contributed by atoms with Crippen molar-refractivity contribution in [3.63, 3.8) is 0 Å². The second kappa shape index (κ2) is 12.7. The quantitative estimate of drug-likeness (QED) is 0.169. The largest absolute Gasteiger partial charge is 0.466 e. The van der Waals surface area contributed by atoms with E-state index in [1.54, 1.807) is 0 Å². The maximum Gasteiger partial charge on any atom is 0.305 e. The molecule has 0 amide bonds. The summed E-state index contributed by atoms with van der Waals surface area (Å²) in [7, 11) is 0. The van der Waals surface area contributed by atoms with E-state index in [9.17, 15) is 4.79 Å². The molecular formula is C25H41NO4S. The van der Waals surface area contributed by atoms with Gasteiger partial charge in [-0.15, -0.1) is 12.6 Å². The van der Waals surface area contributed by atoms with Crippen LogP contribution in [0.5, 0.6) is 0 Å². The number of benzene rings is 1. The number of esters is 1. The monoisotopic (exact) mass is 451 g/mol. The first-order valence-electron chi connectivity index (χ1n) is 11.9. The predicted molar refractivity (Wildman–Crippen MR) is 129 cm³/mol. The standard InChI is InChI=1S/C25H41NO4S/c1-6-28-23(27)12-10-9-11-16-25(5)19(4)26(17-15-24(29-7-2)30-8-3)22-14-13-20(31)18-21(22)25/h13-14,18-19,24,31H,6-12,15-17H2,1-5H3. The van der Waals surface area contributed by atoms with Gasteiger partial charge in [-0.2, -0.15) is 0 Å². The van der Waals surface area contributed by atoms with Crippen molar-refractivity contribution in [2.45, 2.75) is 95.8 Å². The molecule has 176 valence electrons. The van der Waals surface area contributed by atoms with Crippen LogP contribution in [0.25, 0.3) is 0 Å². The Morgan fingerprint density at radius 3 is 2.48 bits per heavy atom. The molecule has 6 heteroatoms. The summed E-state index contributed by atoms with van der Waals surface area (Å²) in [6.07, 6.45) is 5.28.